The molecule has 1 aromatic rings. The van der Waals surface area contributed by atoms with E-state index in [0.29, 0.717) is 11.5 Å². The topological polar surface area (TPSA) is 65.0 Å². The van der Waals surface area contributed by atoms with E-state index in [9.17, 15) is 8.42 Å². The maximum Gasteiger partial charge on any atom is 0.218 e. The molecule has 0 bridgehead atoms. The van der Waals surface area contributed by atoms with E-state index in [2.05, 4.69) is 4.99 Å². The Balaban J connectivity index is 2.04. The van der Waals surface area contributed by atoms with Crippen LogP contribution in [0.5, 0.6) is 11.5 Å². The van der Waals surface area contributed by atoms with Gasteiger partial charge in [0.1, 0.15) is 18.1 Å². The van der Waals surface area contributed by atoms with Crippen molar-refractivity contribution in [2.24, 2.45) is 4.99 Å². The molecule has 1 aliphatic rings. The first-order valence-electron chi connectivity index (χ1n) is 4.87. The highest BCUT2D eigenvalue weighted by Gasteiger charge is 2.20. The van der Waals surface area contributed by atoms with Gasteiger partial charge >= 0.3 is 0 Å². The van der Waals surface area contributed by atoms with Gasteiger partial charge in [0.15, 0.2) is 5.04 Å². The number of hydrogen-bond acceptors (Lipinski definition) is 5. The molecule has 5 nitrogen and oxygen atoms in total. The molecule has 0 radical (unpaired) electrons. The van der Waals surface area contributed by atoms with Gasteiger partial charge in [-0.3, -0.25) is 0 Å². The van der Waals surface area contributed by atoms with E-state index in [1.54, 1.807) is 31.4 Å². The number of sulfone groups is 1. The highest BCUT2D eigenvalue weighted by molar-refractivity contribution is 8.09. The highest BCUT2D eigenvalue weighted by Crippen LogP contribution is 2.19. The van der Waals surface area contributed by atoms with Crippen LogP contribution < -0.4 is 9.47 Å². The summed E-state index contributed by atoms with van der Waals surface area (Å²) in [5.74, 6) is 1.19. The summed E-state index contributed by atoms with van der Waals surface area (Å²) in [7, 11) is -1.81. The van der Waals surface area contributed by atoms with Crippen molar-refractivity contribution in [3.63, 3.8) is 0 Å². The van der Waals surface area contributed by atoms with Crippen molar-refractivity contribution in [3.8, 4) is 11.5 Å². The molecule has 0 saturated carbocycles. The second-order valence-electron chi connectivity index (χ2n) is 3.32. The minimum atomic E-state index is -3.36. The zero-order valence-corrected chi connectivity index (χ0v) is 9.98. The number of nitrogens with zero attached hydrogens (tertiary/aromatic N) is 1. The standard InChI is InChI=1S/C11H11NO4S/c1-15-9-3-2-4-10(7-9)16-8-11-12-5-6-17(11,13)14/h2-7H,8H2,1H3. The first kappa shape index (κ1) is 11.7. The number of benzene rings is 1. The Morgan fingerprint density at radius 2 is 2.06 bits per heavy atom. The van der Waals surface area contributed by atoms with Crippen LogP contribution >= 0.6 is 0 Å². The molecule has 0 aliphatic carbocycles. The van der Waals surface area contributed by atoms with Gasteiger partial charge in [0, 0.05) is 12.3 Å². The van der Waals surface area contributed by atoms with Crippen LogP contribution in [-0.2, 0) is 9.84 Å². The van der Waals surface area contributed by atoms with Crippen molar-refractivity contribution in [1.82, 2.24) is 0 Å². The van der Waals surface area contributed by atoms with Crippen LogP contribution in [0.1, 0.15) is 0 Å². The minimum absolute atomic E-state index is 0.0142. The van der Waals surface area contributed by atoms with Gasteiger partial charge in [0.2, 0.25) is 9.84 Å². The van der Waals surface area contributed by atoms with Crippen molar-refractivity contribution < 1.29 is 17.9 Å². The summed E-state index contributed by atoms with van der Waals surface area (Å²) in [6.07, 6.45) is 1.25. The second-order valence-corrected chi connectivity index (χ2v) is 5.15. The number of hydrogen-bond donors (Lipinski definition) is 0. The van der Waals surface area contributed by atoms with Crippen molar-refractivity contribution >= 4 is 14.9 Å². The molecule has 90 valence electrons. The molecule has 0 fully saturated rings. The molecule has 0 saturated heterocycles. The predicted octanol–water partition coefficient (Wildman–Crippen LogP) is 1.37. The van der Waals surface area contributed by atoms with Crippen LogP contribution in [0.25, 0.3) is 0 Å². The molecule has 1 heterocycles. The van der Waals surface area contributed by atoms with E-state index >= 15 is 0 Å². The van der Waals surface area contributed by atoms with E-state index in [0.717, 1.165) is 5.41 Å². The largest absolute Gasteiger partial charge is 0.497 e. The van der Waals surface area contributed by atoms with E-state index in [1.807, 2.05) is 0 Å². The van der Waals surface area contributed by atoms with Crippen LogP contribution in [0.3, 0.4) is 0 Å². The molecule has 0 amide bonds. The van der Waals surface area contributed by atoms with Crippen molar-refractivity contribution in [2.75, 3.05) is 13.7 Å². The molecule has 2 rings (SSSR count). The average molecular weight is 253 g/mol. The van der Waals surface area contributed by atoms with Crippen LogP contribution in [0.4, 0.5) is 0 Å². The van der Waals surface area contributed by atoms with E-state index in [-0.39, 0.29) is 11.7 Å². The van der Waals surface area contributed by atoms with Crippen molar-refractivity contribution in [2.45, 2.75) is 0 Å². The average Bonchev–Trinajstić information content (AvgIpc) is 2.66. The fraction of sp³-hybridized carbons (Fsp3) is 0.182. The number of ether oxygens (including phenoxy) is 2. The molecule has 17 heavy (non-hydrogen) atoms. The third-order valence-electron chi connectivity index (χ3n) is 2.19. The molecular formula is C11H11NO4S. The van der Waals surface area contributed by atoms with Gasteiger partial charge in [-0.25, -0.2) is 13.4 Å². The Hall–Kier alpha value is -1.82. The quantitative estimate of drug-likeness (QED) is 0.813. The van der Waals surface area contributed by atoms with Crippen LogP contribution in [0.2, 0.25) is 0 Å². The molecule has 0 unspecified atom stereocenters. The summed E-state index contributed by atoms with van der Waals surface area (Å²) in [5.41, 5.74) is 0. The summed E-state index contributed by atoms with van der Waals surface area (Å²) < 4.78 is 33.1. The second kappa shape index (κ2) is 4.58. The van der Waals surface area contributed by atoms with Gasteiger partial charge in [-0.2, -0.15) is 0 Å². The Kier molecular flexibility index (Phi) is 3.14. The van der Waals surface area contributed by atoms with E-state index < -0.39 is 9.84 Å². The zero-order chi connectivity index (χ0) is 12.3. The lowest BCUT2D eigenvalue weighted by molar-refractivity contribution is 0.370. The first-order valence-corrected chi connectivity index (χ1v) is 6.41. The first-order chi connectivity index (χ1) is 8.12. The van der Waals surface area contributed by atoms with Gasteiger partial charge in [0.05, 0.1) is 12.5 Å². The third-order valence-corrected chi connectivity index (χ3v) is 3.55. The molecule has 0 spiro atoms. The smallest absolute Gasteiger partial charge is 0.218 e. The predicted molar refractivity (Wildman–Crippen MR) is 64.0 cm³/mol. The Labute approximate surface area is 99.3 Å². The summed E-state index contributed by atoms with van der Waals surface area (Å²) >= 11 is 0. The van der Waals surface area contributed by atoms with Crippen molar-refractivity contribution in [1.29, 1.82) is 0 Å². The maximum atomic E-state index is 11.4. The molecule has 6 heteroatoms. The third kappa shape index (κ3) is 2.65. The fourth-order valence-corrected chi connectivity index (χ4v) is 2.11. The SMILES string of the molecule is COc1cccc(OCC2=NC=CS2(=O)=O)c1. The van der Waals surface area contributed by atoms with Gasteiger partial charge in [0.25, 0.3) is 0 Å². The number of methoxy groups -OCH3 is 1. The van der Waals surface area contributed by atoms with E-state index in [1.165, 1.54) is 6.20 Å². The van der Waals surface area contributed by atoms with Gasteiger partial charge < -0.3 is 9.47 Å². The fourth-order valence-electron chi connectivity index (χ4n) is 1.30. The van der Waals surface area contributed by atoms with Gasteiger partial charge in [-0.05, 0) is 12.1 Å². The normalized spacial score (nSPS) is 16.6. The number of rotatable bonds is 4. The zero-order valence-electron chi connectivity index (χ0n) is 9.16. The summed E-state index contributed by atoms with van der Waals surface area (Å²) in [6, 6.07) is 6.93. The van der Waals surface area contributed by atoms with Crippen LogP contribution in [0, 0.1) is 0 Å². The minimum Gasteiger partial charge on any atom is -0.497 e. The number of aliphatic imine (C=N–C) groups is 1. The highest BCUT2D eigenvalue weighted by atomic mass is 32.2. The maximum absolute atomic E-state index is 11.4. The molecule has 1 aliphatic heterocycles. The molecular weight excluding hydrogens is 242 g/mol. The van der Waals surface area contributed by atoms with Crippen LogP contribution in [0.15, 0.2) is 40.9 Å². The Morgan fingerprint density at radius 3 is 2.71 bits per heavy atom. The van der Waals surface area contributed by atoms with Gasteiger partial charge in [-0.15, -0.1) is 0 Å². The molecule has 1 aromatic carbocycles. The lowest BCUT2D eigenvalue weighted by atomic mass is 10.3. The molecule has 0 atom stereocenters. The summed E-state index contributed by atoms with van der Waals surface area (Å²) in [6.45, 7) is -0.0809. The summed E-state index contributed by atoms with van der Waals surface area (Å²) in [5, 5.41) is 1.07. The lowest BCUT2D eigenvalue weighted by Gasteiger charge is -2.07. The van der Waals surface area contributed by atoms with Crippen molar-refractivity contribution in [3.05, 3.63) is 35.9 Å². The van der Waals surface area contributed by atoms with Crippen LogP contribution in [-0.4, -0.2) is 27.2 Å². The monoisotopic (exact) mass is 253 g/mol. The van der Waals surface area contributed by atoms with E-state index in [4.69, 9.17) is 9.47 Å². The summed E-state index contributed by atoms with van der Waals surface area (Å²) in [4.78, 5) is 3.74. The van der Waals surface area contributed by atoms with Gasteiger partial charge in [-0.1, -0.05) is 6.07 Å². The Morgan fingerprint density at radius 1 is 1.29 bits per heavy atom. The Bertz CT molecular complexity index is 575. The lowest BCUT2D eigenvalue weighted by Crippen LogP contribution is -2.17. The molecule has 0 N–H and O–H groups in total. The molecule has 0 aromatic heterocycles.